The molecule has 0 nitrogen and oxygen atoms in total. The first-order valence-corrected chi connectivity index (χ1v) is 12.3. The zero-order valence-corrected chi connectivity index (χ0v) is 20.0. The third kappa shape index (κ3) is 3.93. The van der Waals surface area contributed by atoms with Crippen LogP contribution in [0.3, 0.4) is 0 Å². The molecule has 0 spiro atoms. The summed E-state index contributed by atoms with van der Waals surface area (Å²) >= 11 is 0. The van der Waals surface area contributed by atoms with Crippen LogP contribution in [0.2, 0.25) is 0 Å². The van der Waals surface area contributed by atoms with E-state index >= 15 is 0 Å². The Bertz CT molecular complexity index is 1310. The Hall–Kier alpha value is -2.45. The first-order valence-electron chi connectivity index (χ1n) is 12.3. The molecule has 2 unspecified atom stereocenters. The van der Waals surface area contributed by atoms with Gasteiger partial charge in [-0.2, -0.15) is 0 Å². The first-order chi connectivity index (χ1) is 16.7. The van der Waals surface area contributed by atoms with Crippen LogP contribution in [0.15, 0.2) is 120 Å². The Morgan fingerprint density at radius 3 is 1.17 bits per heavy atom. The van der Waals surface area contributed by atoms with E-state index < -0.39 is 0 Å². The van der Waals surface area contributed by atoms with Crippen molar-refractivity contribution in [2.24, 2.45) is 0 Å². The molecule has 4 aromatic carbocycles. The Morgan fingerprint density at radius 1 is 0.444 bits per heavy atom. The molecule has 0 saturated heterocycles. The predicted molar refractivity (Wildman–Crippen MR) is 158 cm³/mol. The summed E-state index contributed by atoms with van der Waals surface area (Å²) in [7, 11) is 0. The quantitative estimate of drug-likeness (QED) is 0.278. The van der Waals surface area contributed by atoms with Crippen LogP contribution in [0, 0.1) is 0 Å². The first kappa shape index (κ1) is 26.6. The minimum absolute atomic E-state index is 0. The summed E-state index contributed by atoms with van der Waals surface area (Å²) in [5, 5.41) is 0. The third-order valence-corrected chi connectivity index (χ3v) is 8.34. The van der Waals surface area contributed by atoms with E-state index in [2.05, 4.69) is 135 Å². The number of hydrogen-bond donors (Lipinski definition) is 0. The van der Waals surface area contributed by atoms with Crippen LogP contribution in [0.4, 0.5) is 0 Å². The van der Waals surface area contributed by atoms with Crippen molar-refractivity contribution in [3.63, 3.8) is 0 Å². The van der Waals surface area contributed by atoms with Crippen molar-refractivity contribution in [2.75, 3.05) is 0 Å². The second kappa shape index (κ2) is 10.5. The molecule has 170 valence electrons. The third-order valence-electron chi connectivity index (χ3n) is 8.34. The second-order valence-electron chi connectivity index (χ2n) is 9.87. The second-order valence-corrected chi connectivity index (χ2v) is 9.87. The van der Waals surface area contributed by atoms with E-state index in [0.717, 1.165) is 12.8 Å². The number of allylic oxidation sites excluding steroid dienone is 2. The van der Waals surface area contributed by atoms with E-state index in [1.54, 1.807) is 0 Å². The molecule has 0 heterocycles. The molecule has 2 heteroatoms. The molecule has 2 aliphatic carbocycles. The topological polar surface area (TPSA) is 0 Å². The van der Waals surface area contributed by atoms with Crippen molar-refractivity contribution in [1.82, 2.24) is 0 Å². The molecular formula is C34H32Li2. The summed E-state index contributed by atoms with van der Waals surface area (Å²) in [4.78, 5) is 0. The fraction of sp³-hybridized carbons (Fsp3) is 0.176. The molecule has 36 heavy (non-hydrogen) atoms. The van der Waals surface area contributed by atoms with Crippen LogP contribution < -0.4 is 0 Å². The molecule has 0 amide bonds. The van der Waals surface area contributed by atoms with E-state index in [9.17, 15) is 0 Å². The molecule has 0 radical (unpaired) electrons. The van der Waals surface area contributed by atoms with Gasteiger partial charge in [0.05, 0.1) is 0 Å². The predicted octanol–water partition coefficient (Wildman–Crippen LogP) is 7.28. The zero-order chi connectivity index (χ0) is 23.2. The maximum absolute atomic E-state index is 2.41. The van der Waals surface area contributed by atoms with Crippen LogP contribution in [0.25, 0.3) is 12.2 Å². The molecule has 4 aromatic rings. The Balaban J connectivity index is 0.00000152. The van der Waals surface area contributed by atoms with Crippen molar-refractivity contribution in [2.45, 2.75) is 37.5 Å². The fourth-order valence-electron chi connectivity index (χ4n) is 6.70. The van der Waals surface area contributed by atoms with Crippen LogP contribution in [0.1, 0.15) is 60.1 Å². The monoisotopic (exact) mass is 454 g/mol. The van der Waals surface area contributed by atoms with Crippen molar-refractivity contribution in [1.29, 1.82) is 0 Å². The SMILES string of the molecule is CC1=Cc2ccccc2C1(CCC1(c2ccccc2)C(C)=Cc2ccccc21)c1ccccc1.[LiH].[LiH]. The van der Waals surface area contributed by atoms with E-state index in [1.165, 1.54) is 44.5 Å². The van der Waals surface area contributed by atoms with Crippen molar-refractivity contribution < 1.29 is 0 Å². The molecule has 0 bridgehead atoms. The molecule has 2 atom stereocenters. The number of hydrogen-bond acceptors (Lipinski definition) is 0. The average molecular weight is 455 g/mol. The van der Waals surface area contributed by atoms with Crippen molar-refractivity contribution in [3.8, 4) is 0 Å². The summed E-state index contributed by atoms with van der Waals surface area (Å²) in [6.45, 7) is 4.65. The molecule has 0 N–H and O–H groups in total. The van der Waals surface area contributed by atoms with Crippen LogP contribution >= 0.6 is 0 Å². The summed E-state index contributed by atoms with van der Waals surface area (Å²) in [6.07, 6.45) is 6.90. The van der Waals surface area contributed by atoms with Gasteiger partial charge in [-0.25, -0.2) is 0 Å². The zero-order valence-electron chi connectivity index (χ0n) is 20.0. The van der Waals surface area contributed by atoms with Crippen LogP contribution in [-0.2, 0) is 10.8 Å². The van der Waals surface area contributed by atoms with Crippen LogP contribution in [0.5, 0.6) is 0 Å². The molecular weight excluding hydrogens is 422 g/mol. The minimum atomic E-state index is -0.114. The van der Waals surface area contributed by atoms with Gasteiger partial charge in [0.25, 0.3) is 0 Å². The standard InChI is InChI=1S/C34H30.2Li.2H/c1-25-23-27-13-9-11-19-31(27)33(25,29-15-5-3-6-16-29)21-22-34(30-17-7-4-8-18-30)26(2)24-28-14-10-12-20-32(28)34;;;;/h3-20,23-24H,21-22H2,1-2H3;;;;. The van der Waals surface area contributed by atoms with Gasteiger partial charge in [0.15, 0.2) is 0 Å². The summed E-state index contributed by atoms with van der Waals surface area (Å²) < 4.78 is 0. The van der Waals surface area contributed by atoms with Gasteiger partial charge in [0.2, 0.25) is 0 Å². The van der Waals surface area contributed by atoms with E-state index in [1.807, 2.05) is 0 Å². The normalized spacial score (nSPS) is 21.4. The average Bonchev–Trinajstić information content (AvgIpc) is 3.34. The summed E-state index contributed by atoms with van der Waals surface area (Å²) in [6, 6.07) is 40.2. The summed E-state index contributed by atoms with van der Waals surface area (Å²) in [5.74, 6) is 0. The Morgan fingerprint density at radius 2 is 0.778 bits per heavy atom. The maximum atomic E-state index is 2.41. The van der Waals surface area contributed by atoms with Gasteiger partial charge in [0.1, 0.15) is 0 Å². The van der Waals surface area contributed by atoms with E-state index in [4.69, 9.17) is 0 Å². The van der Waals surface area contributed by atoms with Gasteiger partial charge >= 0.3 is 37.7 Å². The van der Waals surface area contributed by atoms with Gasteiger partial charge in [-0.3, -0.25) is 0 Å². The van der Waals surface area contributed by atoms with Gasteiger partial charge in [-0.05, 0) is 60.1 Å². The molecule has 0 fully saturated rings. The van der Waals surface area contributed by atoms with E-state index in [0.29, 0.717) is 0 Å². The molecule has 0 aromatic heterocycles. The van der Waals surface area contributed by atoms with Gasteiger partial charge in [-0.15, -0.1) is 0 Å². The van der Waals surface area contributed by atoms with Crippen molar-refractivity contribution in [3.05, 3.63) is 154 Å². The Kier molecular flexibility index (Phi) is 7.76. The number of fused-ring (bicyclic) bond motifs is 2. The number of rotatable bonds is 5. The molecule has 0 saturated carbocycles. The number of benzene rings is 4. The van der Waals surface area contributed by atoms with Crippen LogP contribution in [-0.4, -0.2) is 37.7 Å². The summed E-state index contributed by atoms with van der Waals surface area (Å²) in [5.41, 5.74) is 11.0. The fourth-order valence-corrected chi connectivity index (χ4v) is 6.70. The van der Waals surface area contributed by atoms with Gasteiger partial charge < -0.3 is 0 Å². The van der Waals surface area contributed by atoms with Gasteiger partial charge in [0, 0.05) is 10.8 Å². The van der Waals surface area contributed by atoms with E-state index in [-0.39, 0.29) is 48.6 Å². The van der Waals surface area contributed by atoms with Crippen molar-refractivity contribution >= 4 is 49.9 Å². The molecule has 6 rings (SSSR count). The van der Waals surface area contributed by atoms with Gasteiger partial charge in [-0.1, -0.05) is 132 Å². The Labute approximate surface area is 239 Å². The molecule has 2 aliphatic rings. The molecule has 0 aliphatic heterocycles.